The number of nitro groups is 1. The molecule has 1 N–H and O–H groups in total. The summed E-state index contributed by atoms with van der Waals surface area (Å²) >= 11 is 0. The number of nitrogens with zero attached hydrogens (tertiary/aromatic N) is 2. The van der Waals surface area contributed by atoms with Gasteiger partial charge in [0.25, 0.3) is 5.69 Å². The van der Waals surface area contributed by atoms with Gasteiger partial charge in [-0.3, -0.25) is 10.1 Å². The van der Waals surface area contributed by atoms with Crippen LogP contribution in [0.2, 0.25) is 0 Å². The van der Waals surface area contributed by atoms with Crippen LogP contribution in [0.25, 0.3) is 0 Å². The lowest BCUT2D eigenvalue weighted by Gasteiger charge is -2.14. The molecule has 0 saturated carbocycles. The highest BCUT2D eigenvalue weighted by Crippen LogP contribution is 2.21. The molecule has 1 atom stereocenters. The Morgan fingerprint density at radius 3 is 2.71 bits per heavy atom. The van der Waals surface area contributed by atoms with Crippen molar-refractivity contribution in [1.29, 1.82) is 0 Å². The van der Waals surface area contributed by atoms with Crippen LogP contribution in [0.3, 0.4) is 0 Å². The van der Waals surface area contributed by atoms with E-state index in [0.29, 0.717) is 12.6 Å². The standard InChI is InChI=1S/C16H21N3O2/c1-3-15(17-4-2)13-9-10-18(11-13)12-14-7-5-6-8-16(14)19(20)21/h5-11,15,17H,3-4,12H2,1-2H3. The summed E-state index contributed by atoms with van der Waals surface area (Å²) in [5.41, 5.74) is 2.12. The Bertz CT molecular complexity index is 607. The predicted octanol–water partition coefficient (Wildman–Crippen LogP) is 3.51. The van der Waals surface area contributed by atoms with Crippen molar-refractivity contribution in [2.45, 2.75) is 32.9 Å². The van der Waals surface area contributed by atoms with E-state index in [1.807, 2.05) is 16.8 Å². The molecule has 1 heterocycles. The van der Waals surface area contributed by atoms with Gasteiger partial charge in [-0.05, 0) is 24.6 Å². The molecule has 0 aliphatic carbocycles. The fourth-order valence-electron chi connectivity index (χ4n) is 2.53. The second-order valence-electron chi connectivity index (χ2n) is 5.02. The first-order chi connectivity index (χ1) is 10.2. The van der Waals surface area contributed by atoms with Crippen LogP contribution >= 0.6 is 0 Å². The van der Waals surface area contributed by atoms with Gasteiger partial charge < -0.3 is 9.88 Å². The van der Waals surface area contributed by atoms with Crippen LogP contribution < -0.4 is 5.32 Å². The van der Waals surface area contributed by atoms with Gasteiger partial charge in [0.1, 0.15) is 0 Å². The fourth-order valence-corrected chi connectivity index (χ4v) is 2.53. The molecule has 0 aliphatic heterocycles. The van der Waals surface area contributed by atoms with Crippen LogP contribution in [0.15, 0.2) is 42.7 Å². The number of aromatic nitrogens is 1. The molecular weight excluding hydrogens is 266 g/mol. The van der Waals surface area contributed by atoms with Crippen molar-refractivity contribution < 1.29 is 4.92 Å². The molecule has 0 bridgehead atoms. The highest BCUT2D eigenvalue weighted by molar-refractivity contribution is 5.40. The van der Waals surface area contributed by atoms with Crippen LogP contribution in [0.4, 0.5) is 5.69 Å². The van der Waals surface area contributed by atoms with Crippen molar-refractivity contribution in [2.24, 2.45) is 0 Å². The molecule has 5 nitrogen and oxygen atoms in total. The third-order valence-corrected chi connectivity index (χ3v) is 3.58. The summed E-state index contributed by atoms with van der Waals surface area (Å²) in [5.74, 6) is 0. The zero-order valence-electron chi connectivity index (χ0n) is 12.5. The zero-order valence-corrected chi connectivity index (χ0v) is 12.5. The SMILES string of the molecule is CCNC(CC)c1ccn(Cc2ccccc2[N+](=O)[O-])c1. The summed E-state index contributed by atoms with van der Waals surface area (Å²) in [5, 5.41) is 14.5. The van der Waals surface area contributed by atoms with Gasteiger partial charge in [0, 0.05) is 30.1 Å². The van der Waals surface area contributed by atoms with Gasteiger partial charge in [0.15, 0.2) is 0 Å². The maximum Gasteiger partial charge on any atom is 0.274 e. The average molecular weight is 287 g/mol. The maximum absolute atomic E-state index is 11.0. The van der Waals surface area contributed by atoms with Gasteiger partial charge in [-0.1, -0.05) is 32.0 Å². The summed E-state index contributed by atoms with van der Waals surface area (Å²) < 4.78 is 2.00. The van der Waals surface area contributed by atoms with Crippen molar-refractivity contribution in [3.05, 3.63) is 64.0 Å². The van der Waals surface area contributed by atoms with Crippen molar-refractivity contribution in [1.82, 2.24) is 9.88 Å². The second kappa shape index (κ2) is 7.04. The molecule has 0 radical (unpaired) electrons. The molecule has 1 unspecified atom stereocenters. The molecule has 5 heteroatoms. The lowest BCUT2D eigenvalue weighted by molar-refractivity contribution is -0.385. The first-order valence-corrected chi connectivity index (χ1v) is 7.27. The minimum atomic E-state index is -0.326. The predicted molar refractivity (Wildman–Crippen MR) is 83.3 cm³/mol. The minimum Gasteiger partial charge on any atom is -0.349 e. The largest absolute Gasteiger partial charge is 0.349 e. The number of hydrogen-bond acceptors (Lipinski definition) is 3. The molecule has 0 amide bonds. The van der Waals surface area contributed by atoms with E-state index in [4.69, 9.17) is 0 Å². The van der Waals surface area contributed by atoms with Gasteiger partial charge in [-0.25, -0.2) is 0 Å². The van der Waals surface area contributed by atoms with E-state index >= 15 is 0 Å². The number of para-hydroxylation sites is 1. The minimum absolute atomic E-state index is 0.173. The summed E-state index contributed by atoms with van der Waals surface area (Å²) in [6.45, 7) is 5.67. The summed E-state index contributed by atoms with van der Waals surface area (Å²) in [6.07, 6.45) is 5.06. The lowest BCUT2D eigenvalue weighted by Crippen LogP contribution is -2.19. The van der Waals surface area contributed by atoms with E-state index in [2.05, 4.69) is 31.4 Å². The Morgan fingerprint density at radius 2 is 2.05 bits per heavy atom. The van der Waals surface area contributed by atoms with Gasteiger partial charge in [0.2, 0.25) is 0 Å². The first-order valence-electron chi connectivity index (χ1n) is 7.27. The van der Waals surface area contributed by atoms with E-state index in [1.165, 1.54) is 5.56 Å². The summed E-state index contributed by atoms with van der Waals surface area (Å²) in [7, 11) is 0. The lowest BCUT2D eigenvalue weighted by atomic mass is 10.1. The smallest absolute Gasteiger partial charge is 0.274 e. The van der Waals surface area contributed by atoms with Gasteiger partial charge in [-0.2, -0.15) is 0 Å². The first kappa shape index (κ1) is 15.3. The van der Waals surface area contributed by atoms with E-state index in [9.17, 15) is 10.1 Å². The van der Waals surface area contributed by atoms with Crippen LogP contribution in [0.5, 0.6) is 0 Å². The Kier molecular flexibility index (Phi) is 5.11. The molecule has 2 rings (SSSR count). The van der Waals surface area contributed by atoms with Crippen molar-refractivity contribution >= 4 is 5.69 Å². The number of rotatable bonds is 7. The highest BCUT2D eigenvalue weighted by atomic mass is 16.6. The molecule has 112 valence electrons. The summed E-state index contributed by atoms with van der Waals surface area (Å²) in [6, 6.07) is 9.29. The molecule has 1 aromatic carbocycles. The molecule has 0 fully saturated rings. The van der Waals surface area contributed by atoms with Crippen LogP contribution in [0.1, 0.15) is 37.4 Å². The Labute approximate surface area is 124 Å². The molecule has 2 aromatic rings. The topological polar surface area (TPSA) is 60.1 Å². The molecular formula is C16H21N3O2. The molecule has 21 heavy (non-hydrogen) atoms. The maximum atomic E-state index is 11.0. The third kappa shape index (κ3) is 3.70. The van der Waals surface area contributed by atoms with Crippen molar-refractivity contribution in [3.63, 3.8) is 0 Å². The number of nitrogens with one attached hydrogen (secondary N) is 1. The third-order valence-electron chi connectivity index (χ3n) is 3.58. The second-order valence-corrected chi connectivity index (χ2v) is 5.02. The molecule has 1 aromatic heterocycles. The van der Waals surface area contributed by atoms with E-state index in [-0.39, 0.29) is 10.6 Å². The van der Waals surface area contributed by atoms with Crippen LogP contribution in [-0.4, -0.2) is 16.0 Å². The zero-order chi connectivity index (χ0) is 15.2. The Balaban J connectivity index is 2.18. The van der Waals surface area contributed by atoms with Gasteiger partial charge in [0.05, 0.1) is 11.5 Å². The Morgan fingerprint density at radius 1 is 1.29 bits per heavy atom. The number of hydrogen-bond donors (Lipinski definition) is 1. The summed E-state index contributed by atoms with van der Waals surface area (Å²) in [4.78, 5) is 10.7. The fraction of sp³-hybridized carbons (Fsp3) is 0.375. The monoisotopic (exact) mass is 287 g/mol. The quantitative estimate of drug-likeness (QED) is 0.626. The van der Waals surface area contributed by atoms with Crippen LogP contribution in [0, 0.1) is 10.1 Å². The van der Waals surface area contributed by atoms with E-state index < -0.39 is 0 Å². The molecule has 0 spiro atoms. The normalized spacial score (nSPS) is 12.3. The van der Waals surface area contributed by atoms with Gasteiger partial charge >= 0.3 is 0 Å². The number of nitro benzene ring substituents is 1. The van der Waals surface area contributed by atoms with Crippen LogP contribution in [-0.2, 0) is 6.54 Å². The number of benzene rings is 1. The van der Waals surface area contributed by atoms with E-state index in [1.54, 1.807) is 18.2 Å². The van der Waals surface area contributed by atoms with Crippen molar-refractivity contribution in [3.8, 4) is 0 Å². The van der Waals surface area contributed by atoms with E-state index in [0.717, 1.165) is 18.5 Å². The molecule has 0 aliphatic rings. The van der Waals surface area contributed by atoms with Gasteiger partial charge in [-0.15, -0.1) is 0 Å². The molecule has 0 saturated heterocycles. The Hall–Kier alpha value is -2.14. The highest BCUT2D eigenvalue weighted by Gasteiger charge is 2.14. The average Bonchev–Trinajstić information content (AvgIpc) is 2.93. The van der Waals surface area contributed by atoms with Crippen molar-refractivity contribution in [2.75, 3.05) is 6.54 Å².